The summed E-state index contributed by atoms with van der Waals surface area (Å²) >= 11 is 0. The lowest BCUT2D eigenvalue weighted by Crippen LogP contribution is -2.38. The Kier molecular flexibility index (Phi) is 5.44. The van der Waals surface area contributed by atoms with Gasteiger partial charge in [-0.05, 0) is 42.3 Å². The van der Waals surface area contributed by atoms with Crippen molar-refractivity contribution in [3.8, 4) is 0 Å². The maximum atomic E-state index is 13.6. The Hall–Kier alpha value is -3.73. The first-order valence-electron chi connectivity index (χ1n) is 9.71. The lowest BCUT2D eigenvalue weighted by atomic mass is 9.94. The standard InChI is InChI=1S/C25H21FN2O2/c1-17-7-13-22-21(15-17)25(19-9-11-20(26)12-10-19)28(16-23(29)27-22)24(30)14-8-18-5-3-2-4-6-18/h2-15,25H,16H2,1H3,(H,27,29)/t25-/m1/s1. The zero-order chi connectivity index (χ0) is 21.1. The van der Waals surface area contributed by atoms with Gasteiger partial charge in [0.15, 0.2) is 0 Å². The van der Waals surface area contributed by atoms with Crippen LogP contribution >= 0.6 is 0 Å². The normalized spacial score (nSPS) is 16.1. The number of carbonyl (C=O) groups excluding carboxylic acids is 2. The van der Waals surface area contributed by atoms with E-state index in [0.29, 0.717) is 5.69 Å². The van der Waals surface area contributed by atoms with Crippen LogP contribution < -0.4 is 5.32 Å². The second-order valence-corrected chi connectivity index (χ2v) is 7.30. The van der Waals surface area contributed by atoms with Gasteiger partial charge in [0.25, 0.3) is 0 Å². The number of aryl methyl sites for hydroxylation is 1. The molecule has 0 unspecified atom stereocenters. The Morgan fingerprint density at radius 2 is 1.80 bits per heavy atom. The van der Waals surface area contributed by atoms with E-state index in [0.717, 1.165) is 22.3 Å². The number of rotatable bonds is 3. The van der Waals surface area contributed by atoms with E-state index < -0.39 is 6.04 Å². The molecule has 3 aromatic rings. The Bertz CT molecular complexity index is 1110. The quantitative estimate of drug-likeness (QED) is 0.647. The molecular weight excluding hydrogens is 379 g/mol. The number of nitrogens with zero attached hydrogens (tertiary/aromatic N) is 1. The van der Waals surface area contributed by atoms with Crippen molar-refractivity contribution in [1.82, 2.24) is 4.90 Å². The summed E-state index contributed by atoms with van der Waals surface area (Å²) in [6, 6.07) is 20.7. The first kappa shape index (κ1) is 19.6. The van der Waals surface area contributed by atoms with Gasteiger partial charge in [-0.15, -0.1) is 0 Å². The first-order chi connectivity index (χ1) is 14.5. The van der Waals surface area contributed by atoms with E-state index in [1.165, 1.54) is 23.1 Å². The van der Waals surface area contributed by atoms with Crippen LogP contribution in [0.1, 0.15) is 28.3 Å². The molecule has 1 aliphatic heterocycles. The van der Waals surface area contributed by atoms with E-state index in [9.17, 15) is 14.0 Å². The summed E-state index contributed by atoms with van der Waals surface area (Å²) < 4.78 is 13.6. The SMILES string of the molecule is Cc1ccc2c(c1)[C@@H](c1ccc(F)cc1)N(C(=O)C=Cc1ccccc1)CC(=O)N2. The molecule has 0 radical (unpaired) electrons. The Morgan fingerprint density at radius 3 is 2.53 bits per heavy atom. The van der Waals surface area contributed by atoms with Crippen LogP contribution in [0.4, 0.5) is 10.1 Å². The summed E-state index contributed by atoms with van der Waals surface area (Å²) in [5, 5.41) is 2.89. The molecule has 150 valence electrons. The third-order valence-electron chi connectivity index (χ3n) is 5.09. The fourth-order valence-corrected chi connectivity index (χ4v) is 3.66. The number of benzene rings is 3. The second-order valence-electron chi connectivity index (χ2n) is 7.30. The van der Waals surface area contributed by atoms with Crippen molar-refractivity contribution in [2.45, 2.75) is 13.0 Å². The molecule has 5 heteroatoms. The van der Waals surface area contributed by atoms with E-state index >= 15 is 0 Å². The van der Waals surface area contributed by atoms with Crippen LogP contribution in [-0.4, -0.2) is 23.3 Å². The molecule has 1 atom stereocenters. The number of amides is 2. The van der Waals surface area contributed by atoms with Crippen molar-refractivity contribution in [2.75, 3.05) is 11.9 Å². The van der Waals surface area contributed by atoms with Gasteiger partial charge in [0.05, 0.1) is 6.04 Å². The predicted molar refractivity (Wildman–Crippen MR) is 115 cm³/mol. The van der Waals surface area contributed by atoms with Crippen LogP contribution in [0.5, 0.6) is 0 Å². The van der Waals surface area contributed by atoms with E-state index in [2.05, 4.69) is 5.32 Å². The monoisotopic (exact) mass is 400 g/mol. The van der Waals surface area contributed by atoms with Crippen LogP contribution in [-0.2, 0) is 9.59 Å². The molecule has 4 rings (SSSR count). The highest BCUT2D eigenvalue weighted by atomic mass is 19.1. The fourth-order valence-electron chi connectivity index (χ4n) is 3.66. The van der Waals surface area contributed by atoms with Crippen molar-refractivity contribution >= 4 is 23.6 Å². The molecular formula is C25H21FN2O2. The lowest BCUT2D eigenvalue weighted by molar-refractivity contribution is -0.131. The van der Waals surface area contributed by atoms with Gasteiger partial charge < -0.3 is 10.2 Å². The van der Waals surface area contributed by atoms with Crippen LogP contribution in [0.15, 0.2) is 78.9 Å². The average Bonchev–Trinajstić information content (AvgIpc) is 2.89. The van der Waals surface area contributed by atoms with Crippen molar-refractivity contribution in [3.63, 3.8) is 0 Å². The molecule has 1 heterocycles. The van der Waals surface area contributed by atoms with Gasteiger partial charge in [-0.3, -0.25) is 9.59 Å². The van der Waals surface area contributed by atoms with Crippen molar-refractivity contribution < 1.29 is 14.0 Å². The smallest absolute Gasteiger partial charge is 0.247 e. The molecule has 0 aromatic heterocycles. The third-order valence-corrected chi connectivity index (χ3v) is 5.09. The van der Waals surface area contributed by atoms with Crippen LogP contribution in [0.2, 0.25) is 0 Å². The Labute approximate surface area is 174 Å². The molecule has 3 aromatic carbocycles. The minimum atomic E-state index is -0.521. The second kappa shape index (κ2) is 8.33. The molecule has 1 aliphatic rings. The van der Waals surface area contributed by atoms with Crippen LogP contribution in [0.25, 0.3) is 6.08 Å². The summed E-state index contributed by atoms with van der Waals surface area (Å²) in [5.74, 6) is -0.920. The molecule has 0 spiro atoms. The molecule has 2 amide bonds. The Morgan fingerprint density at radius 1 is 1.07 bits per heavy atom. The minimum absolute atomic E-state index is 0.103. The maximum absolute atomic E-state index is 13.6. The lowest BCUT2D eigenvalue weighted by Gasteiger charge is -2.30. The van der Waals surface area contributed by atoms with Gasteiger partial charge in [0.1, 0.15) is 12.4 Å². The van der Waals surface area contributed by atoms with E-state index in [1.54, 1.807) is 18.2 Å². The maximum Gasteiger partial charge on any atom is 0.247 e. The highest BCUT2D eigenvalue weighted by Crippen LogP contribution is 2.36. The van der Waals surface area contributed by atoms with Crippen LogP contribution in [0, 0.1) is 12.7 Å². The number of hydrogen-bond donors (Lipinski definition) is 1. The molecule has 30 heavy (non-hydrogen) atoms. The van der Waals surface area contributed by atoms with Gasteiger partial charge in [-0.25, -0.2) is 4.39 Å². The van der Waals surface area contributed by atoms with Crippen molar-refractivity contribution in [2.24, 2.45) is 0 Å². The van der Waals surface area contributed by atoms with Gasteiger partial charge in [-0.1, -0.05) is 60.2 Å². The summed E-state index contributed by atoms with van der Waals surface area (Å²) in [5.41, 5.74) is 4.08. The summed E-state index contributed by atoms with van der Waals surface area (Å²) in [4.78, 5) is 27.3. The highest BCUT2D eigenvalue weighted by Gasteiger charge is 2.32. The number of hydrogen-bond acceptors (Lipinski definition) is 2. The molecule has 0 saturated carbocycles. The van der Waals surface area contributed by atoms with Gasteiger partial charge in [-0.2, -0.15) is 0 Å². The minimum Gasteiger partial charge on any atom is -0.324 e. The molecule has 0 aliphatic carbocycles. The van der Waals surface area contributed by atoms with E-state index in [4.69, 9.17) is 0 Å². The summed E-state index contributed by atoms with van der Waals surface area (Å²) in [6.45, 7) is 1.85. The molecule has 0 bridgehead atoms. The predicted octanol–water partition coefficient (Wildman–Crippen LogP) is 4.72. The molecule has 1 N–H and O–H groups in total. The number of anilines is 1. The number of fused-ring (bicyclic) bond motifs is 1. The third kappa shape index (κ3) is 4.15. The summed E-state index contributed by atoms with van der Waals surface area (Å²) in [7, 11) is 0. The van der Waals surface area contributed by atoms with Crippen LogP contribution in [0.3, 0.4) is 0 Å². The average molecular weight is 400 g/mol. The number of nitrogens with one attached hydrogen (secondary N) is 1. The number of halogens is 1. The first-order valence-corrected chi connectivity index (χ1v) is 9.71. The zero-order valence-electron chi connectivity index (χ0n) is 16.5. The number of carbonyl (C=O) groups is 2. The van der Waals surface area contributed by atoms with Crippen molar-refractivity contribution in [3.05, 3.63) is 107 Å². The largest absolute Gasteiger partial charge is 0.324 e. The van der Waals surface area contributed by atoms with Gasteiger partial charge >= 0.3 is 0 Å². The molecule has 4 nitrogen and oxygen atoms in total. The topological polar surface area (TPSA) is 49.4 Å². The highest BCUT2D eigenvalue weighted by molar-refractivity contribution is 6.00. The van der Waals surface area contributed by atoms with Crippen molar-refractivity contribution in [1.29, 1.82) is 0 Å². The fraction of sp³-hybridized carbons (Fsp3) is 0.120. The molecule has 0 saturated heterocycles. The Balaban J connectivity index is 1.79. The van der Waals surface area contributed by atoms with Gasteiger partial charge in [0.2, 0.25) is 11.8 Å². The van der Waals surface area contributed by atoms with E-state index in [-0.39, 0.29) is 24.2 Å². The zero-order valence-corrected chi connectivity index (χ0v) is 16.5. The van der Waals surface area contributed by atoms with E-state index in [1.807, 2.05) is 55.5 Å². The molecule has 0 fully saturated rings. The van der Waals surface area contributed by atoms with Gasteiger partial charge in [0, 0.05) is 17.3 Å². The summed E-state index contributed by atoms with van der Waals surface area (Å²) in [6.07, 6.45) is 3.20.